The molecule has 0 radical (unpaired) electrons. The monoisotopic (exact) mass is 448 g/mol. The molecule has 146 valence electrons. The van der Waals surface area contributed by atoms with Crippen LogP contribution in [0.1, 0.15) is 22.8 Å². The normalized spacial score (nSPS) is 11.9. The molecule has 2 N–H and O–H groups in total. The molecule has 0 saturated carbocycles. The second-order valence-corrected chi connectivity index (χ2v) is 7.38. The number of H-pyrrole nitrogens is 2. The molecule has 5 nitrogen and oxygen atoms in total. The second kappa shape index (κ2) is 9.03. The highest BCUT2D eigenvalue weighted by Gasteiger charge is 2.01. The Hall–Kier alpha value is -2.96. The minimum atomic E-state index is 0.806. The van der Waals surface area contributed by atoms with Gasteiger partial charge in [-0.3, -0.25) is 0 Å². The lowest BCUT2D eigenvalue weighted by Crippen LogP contribution is -1.85. The van der Waals surface area contributed by atoms with Gasteiger partial charge in [0.05, 0.1) is 29.4 Å². The van der Waals surface area contributed by atoms with E-state index in [-0.39, 0.29) is 0 Å². The molecule has 0 atom stereocenters. The lowest BCUT2D eigenvalue weighted by molar-refractivity contribution is 0.219. The molecule has 2 aliphatic rings. The summed E-state index contributed by atoms with van der Waals surface area (Å²) in [5, 5.41) is 0.934. The van der Waals surface area contributed by atoms with Gasteiger partial charge in [-0.05, 0) is 72.8 Å². The van der Waals surface area contributed by atoms with Gasteiger partial charge in [-0.15, -0.1) is 0 Å². The molecule has 0 saturated heterocycles. The maximum absolute atomic E-state index is 4.64. The third-order valence-corrected chi connectivity index (χ3v) is 4.65. The van der Waals surface area contributed by atoms with Gasteiger partial charge < -0.3 is 14.7 Å². The molecule has 0 unspecified atom stereocenters. The first kappa shape index (κ1) is 19.4. The summed E-state index contributed by atoms with van der Waals surface area (Å²) in [5.74, 6) is 0. The minimum absolute atomic E-state index is 0.806. The summed E-state index contributed by atoms with van der Waals surface area (Å²) in [6.45, 7) is 0.806. The molecule has 3 aromatic heterocycles. The molecule has 29 heavy (non-hydrogen) atoms. The van der Waals surface area contributed by atoms with Crippen LogP contribution >= 0.6 is 15.9 Å². The summed E-state index contributed by atoms with van der Waals surface area (Å²) in [7, 11) is 1.68. The molecule has 0 spiro atoms. The largest absolute Gasteiger partial charge is 0.384 e. The summed E-state index contributed by atoms with van der Waals surface area (Å²) in [6.07, 6.45) is 8.09. The van der Waals surface area contributed by atoms with Gasteiger partial charge in [-0.2, -0.15) is 0 Å². The Morgan fingerprint density at radius 3 is 1.28 bits per heavy atom. The zero-order valence-electron chi connectivity index (χ0n) is 16.0. The van der Waals surface area contributed by atoms with Crippen molar-refractivity contribution in [3.8, 4) is 0 Å². The molecule has 0 aromatic carbocycles. The van der Waals surface area contributed by atoms with Gasteiger partial charge in [-0.1, -0.05) is 15.9 Å². The van der Waals surface area contributed by atoms with E-state index in [0.717, 1.165) is 56.8 Å². The molecule has 6 heteroatoms. The standard InChI is InChI=1S/C20H14N4.C3H7BrO/c1-2-14-10-16-5-6-18(23-16)12-20-8-7-19(24-20)11-17-4-3-15(22-17)9-13(1)21-14;1-5-3-2-4/h1-12,21,24H;2-3H2,1H3. The van der Waals surface area contributed by atoms with E-state index in [1.54, 1.807) is 7.11 Å². The van der Waals surface area contributed by atoms with Crippen LogP contribution in [0.2, 0.25) is 0 Å². The molecular weight excluding hydrogens is 428 g/mol. The van der Waals surface area contributed by atoms with Crippen LogP contribution in [0.3, 0.4) is 0 Å². The van der Waals surface area contributed by atoms with E-state index in [1.807, 2.05) is 48.6 Å². The Balaban J connectivity index is 0.000000369. The Bertz CT molecular complexity index is 1040. The zero-order valence-corrected chi connectivity index (χ0v) is 17.6. The number of nitrogens with zero attached hydrogens (tertiary/aromatic N) is 2. The van der Waals surface area contributed by atoms with Crippen LogP contribution < -0.4 is 0 Å². The Labute approximate surface area is 177 Å². The van der Waals surface area contributed by atoms with Gasteiger partial charge in [0.1, 0.15) is 0 Å². The van der Waals surface area contributed by atoms with Gasteiger partial charge in [0.15, 0.2) is 0 Å². The van der Waals surface area contributed by atoms with Crippen molar-refractivity contribution in [2.24, 2.45) is 0 Å². The number of aromatic amines is 2. The van der Waals surface area contributed by atoms with Crippen molar-refractivity contribution in [2.75, 3.05) is 19.0 Å². The average Bonchev–Trinajstić information content (AvgIpc) is 3.48. The highest BCUT2D eigenvalue weighted by Crippen LogP contribution is 2.16. The van der Waals surface area contributed by atoms with Crippen molar-refractivity contribution in [3.05, 3.63) is 71.3 Å². The van der Waals surface area contributed by atoms with Crippen LogP contribution in [0.4, 0.5) is 0 Å². The molecule has 2 aliphatic heterocycles. The molecule has 0 fully saturated rings. The van der Waals surface area contributed by atoms with Crippen molar-refractivity contribution >= 4 is 62.3 Å². The van der Waals surface area contributed by atoms with E-state index in [1.165, 1.54) is 0 Å². The van der Waals surface area contributed by atoms with Crippen LogP contribution in [-0.4, -0.2) is 39.0 Å². The summed E-state index contributed by atoms with van der Waals surface area (Å²) < 4.78 is 4.64. The molecule has 5 rings (SSSR count). The van der Waals surface area contributed by atoms with E-state index in [4.69, 9.17) is 0 Å². The van der Waals surface area contributed by atoms with Gasteiger partial charge in [-0.25, -0.2) is 9.97 Å². The Kier molecular flexibility index (Phi) is 6.03. The number of methoxy groups -OCH3 is 1. The first-order valence-corrected chi connectivity index (χ1v) is 10.4. The van der Waals surface area contributed by atoms with Crippen LogP contribution in [0.15, 0.2) is 48.5 Å². The van der Waals surface area contributed by atoms with Crippen molar-refractivity contribution < 1.29 is 4.74 Å². The number of nitrogens with one attached hydrogen (secondary N) is 2. The lowest BCUT2D eigenvalue weighted by Gasteiger charge is -1.85. The Morgan fingerprint density at radius 2 is 1.03 bits per heavy atom. The summed E-state index contributed by atoms with van der Waals surface area (Å²) in [4.78, 5) is 16.0. The zero-order chi connectivity index (χ0) is 20.1. The molecule has 0 amide bonds. The fraction of sp³-hybridized carbons (Fsp3) is 0.130. The average molecular weight is 449 g/mol. The predicted molar refractivity (Wildman–Crippen MR) is 125 cm³/mol. The fourth-order valence-electron chi connectivity index (χ4n) is 3.02. The summed E-state index contributed by atoms with van der Waals surface area (Å²) in [5.41, 5.74) is 7.86. The third kappa shape index (κ3) is 5.10. The van der Waals surface area contributed by atoms with Crippen LogP contribution in [-0.2, 0) is 4.74 Å². The van der Waals surface area contributed by atoms with Crippen LogP contribution in [0.5, 0.6) is 0 Å². The minimum Gasteiger partial charge on any atom is -0.384 e. The Morgan fingerprint density at radius 1 is 0.690 bits per heavy atom. The first-order valence-electron chi connectivity index (χ1n) is 9.31. The highest BCUT2D eigenvalue weighted by atomic mass is 79.9. The SMILES string of the molecule is C1=Cc2cc3ccc(cc4nc(cc5ccc(cc1n2)[nH]5)C=C4)[nH]3.COCCBr. The lowest BCUT2D eigenvalue weighted by atomic mass is 10.3. The van der Waals surface area contributed by atoms with E-state index >= 15 is 0 Å². The van der Waals surface area contributed by atoms with Gasteiger partial charge in [0.2, 0.25) is 0 Å². The smallest absolute Gasteiger partial charge is 0.0658 e. The quantitative estimate of drug-likeness (QED) is 0.341. The van der Waals surface area contributed by atoms with Crippen LogP contribution in [0.25, 0.3) is 46.4 Å². The molecule has 5 heterocycles. The summed E-state index contributed by atoms with van der Waals surface area (Å²) in [6, 6.07) is 16.4. The number of fused-ring (bicyclic) bond motifs is 8. The van der Waals surface area contributed by atoms with Crippen molar-refractivity contribution in [1.82, 2.24) is 19.9 Å². The first-order chi connectivity index (χ1) is 14.2. The number of rotatable bonds is 2. The van der Waals surface area contributed by atoms with Gasteiger partial charge in [0.25, 0.3) is 0 Å². The van der Waals surface area contributed by atoms with Gasteiger partial charge >= 0.3 is 0 Å². The summed E-state index contributed by atoms with van der Waals surface area (Å²) >= 11 is 3.18. The van der Waals surface area contributed by atoms with Crippen LogP contribution in [0, 0.1) is 0 Å². The maximum Gasteiger partial charge on any atom is 0.0658 e. The fourth-order valence-corrected chi connectivity index (χ4v) is 3.34. The third-order valence-electron chi connectivity index (χ3n) is 4.32. The number of hydrogen-bond acceptors (Lipinski definition) is 3. The van der Waals surface area contributed by atoms with E-state index in [0.29, 0.717) is 0 Å². The topological polar surface area (TPSA) is 66.6 Å². The van der Waals surface area contributed by atoms with E-state index < -0.39 is 0 Å². The second-order valence-electron chi connectivity index (χ2n) is 6.59. The van der Waals surface area contributed by atoms with Crippen molar-refractivity contribution in [3.63, 3.8) is 0 Å². The molecular formula is C23H21BrN4O. The maximum atomic E-state index is 4.64. The molecule has 3 aromatic rings. The van der Waals surface area contributed by atoms with Crippen molar-refractivity contribution in [2.45, 2.75) is 0 Å². The number of hydrogen-bond donors (Lipinski definition) is 2. The number of halogens is 1. The van der Waals surface area contributed by atoms with Crippen molar-refractivity contribution in [1.29, 1.82) is 0 Å². The van der Waals surface area contributed by atoms with E-state index in [2.05, 4.69) is 64.9 Å². The molecule has 0 aliphatic carbocycles. The number of alkyl halides is 1. The van der Waals surface area contributed by atoms with E-state index in [9.17, 15) is 0 Å². The number of aromatic nitrogens is 4. The number of ether oxygens (including phenoxy) is 1. The molecule has 8 bridgehead atoms. The predicted octanol–water partition coefficient (Wildman–Crippen LogP) is 5.68. The highest BCUT2D eigenvalue weighted by molar-refractivity contribution is 9.09. The van der Waals surface area contributed by atoms with Gasteiger partial charge in [0, 0.05) is 34.5 Å².